The zero-order valence-corrected chi connectivity index (χ0v) is 9.36. The van der Waals surface area contributed by atoms with Crippen LogP contribution in [-0.4, -0.2) is 38.4 Å². The molecule has 0 amide bonds. The van der Waals surface area contributed by atoms with Crippen LogP contribution in [-0.2, 0) is 14.8 Å². The molecular formula is C7H14N2O3S2. The summed E-state index contributed by atoms with van der Waals surface area (Å²) in [5, 5.41) is 0. The minimum atomic E-state index is -3.35. The molecule has 5 nitrogen and oxygen atoms in total. The number of ether oxygens (including phenoxy) is 1. The van der Waals surface area contributed by atoms with E-state index in [9.17, 15) is 8.42 Å². The molecule has 0 atom stereocenters. The summed E-state index contributed by atoms with van der Waals surface area (Å²) in [6.07, 6.45) is 1.41. The normalized spacial score (nSPS) is 19.4. The fraction of sp³-hybridized carbons (Fsp3) is 0.857. The van der Waals surface area contributed by atoms with Gasteiger partial charge in [0, 0.05) is 19.3 Å². The van der Waals surface area contributed by atoms with Gasteiger partial charge in [-0.15, -0.1) is 0 Å². The van der Waals surface area contributed by atoms with Crippen molar-refractivity contribution in [2.24, 2.45) is 5.73 Å². The molecule has 0 bridgehead atoms. The van der Waals surface area contributed by atoms with Crippen LogP contribution in [0.3, 0.4) is 0 Å². The molecule has 1 fully saturated rings. The largest absolute Gasteiger partial charge is 0.392 e. The molecule has 0 unspecified atom stereocenters. The second kappa shape index (κ2) is 5.01. The molecule has 1 rings (SSSR count). The number of nitrogens with two attached hydrogens (primary N) is 1. The fourth-order valence-corrected chi connectivity index (χ4v) is 2.97. The van der Waals surface area contributed by atoms with Crippen LogP contribution in [0.5, 0.6) is 0 Å². The van der Waals surface area contributed by atoms with Gasteiger partial charge in [0.1, 0.15) is 5.75 Å². The Morgan fingerprint density at radius 2 is 2.07 bits per heavy atom. The summed E-state index contributed by atoms with van der Waals surface area (Å²) in [6.45, 7) is 1.19. The van der Waals surface area contributed by atoms with Crippen molar-refractivity contribution >= 4 is 27.2 Å². The molecule has 1 aliphatic rings. The monoisotopic (exact) mass is 238 g/mol. The van der Waals surface area contributed by atoms with Gasteiger partial charge in [-0.25, -0.2) is 13.1 Å². The summed E-state index contributed by atoms with van der Waals surface area (Å²) in [5.74, 6) is -0.278. The lowest BCUT2D eigenvalue weighted by molar-refractivity contribution is 0.0832. The lowest BCUT2D eigenvalue weighted by Crippen LogP contribution is -2.42. The highest BCUT2D eigenvalue weighted by molar-refractivity contribution is 7.92. The molecule has 0 saturated carbocycles. The molecule has 0 spiro atoms. The number of thiocarbonyl (C=S) groups is 1. The Kier molecular flexibility index (Phi) is 4.24. The van der Waals surface area contributed by atoms with E-state index in [1.807, 2.05) is 0 Å². The highest BCUT2D eigenvalue weighted by atomic mass is 32.2. The van der Waals surface area contributed by atoms with Gasteiger partial charge in [-0.3, -0.25) is 0 Å². The standard InChI is InChI=1S/C7H14N2O3S2/c8-7(13)5-14(10,11)9-6-1-3-12-4-2-6/h6,9H,1-5H2,(H2,8,13). The summed E-state index contributed by atoms with van der Waals surface area (Å²) in [7, 11) is -3.35. The number of rotatable bonds is 4. The van der Waals surface area contributed by atoms with Gasteiger partial charge in [-0.1, -0.05) is 12.2 Å². The van der Waals surface area contributed by atoms with Crippen molar-refractivity contribution in [1.29, 1.82) is 0 Å². The zero-order valence-electron chi connectivity index (χ0n) is 7.73. The molecule has 3 N–H and O–H groups in total. The highest BCUT2D eigenvalue weighted by Gasteiger charge is 2.20. The number of hydrogen-bond donors (Lipinski definition) is 2. The summed E-state index contributed by atoms with van der Waals surface area (Å²) >= 11 is 4.55. The SMILES string of the molecule is NC(=S)CS(=O)(=O)NC1CCOCC1. The third-order valence-electron chi connectivity index (χ3n) is 1.90. The Morgan fingerprint density at radius 3 is 2.57 bits per heavy atom. The maximum atomic E-state index is 11.4. The molecule has 0 aromatic rings. The van der Waals surface area contributed by atoms with E-state index >= 15 is 0 Å². The third-order valence-corrected chi connectivity index (χ3v) is 3.61. The van der Waals surface area contributed by atoms with Crippen LogP contribution in [0.2, 0.25) is 0 Å². The van der Waals surface area contributed by atoms with E-state index < -0.39 is 10.0 Å². The van der Waals surface area contributed by atoms with Gasteiger partial charge in [0.2, 0.25) is 10.0 Å². The van der Waals surface area contributed by atoms with E-state index in [4.69, 9.17) is 10.5 Å². The van der Waals surface area contributed by atoms with E-state index in [0.29, 0.717) is 26.1 Å². The van der Waals surface area contributed by atoms with E-state index in [2.05, 4.69) is 16.9 Å². The number of hydrogen-bond acceptors (Lipinski definition) is 4. The minimum absolute atomic E-state index is 0.00967. The minimum Gasteiger partial charge on any atom is -0.392 e. The van der Waals surface area contributed by atoms with Gasteiger partial charge < -0.3 is 10.5 Å². The van der Waals surface area contributed by atoms with Gasteiger partial charge in [0.25, 0.3) is 0 Å². The van der Waals surface area contributed by atoms with Crippen LogP contribution < -0.4 is 10.5 Å². The zero-order chi connectivity index (χ0) is 10.6. The van der Waals surface area contributed by atoms with Crippen LogP contribution >= 0.6 is 12.2 Å². The van der Waals surface area contributed by atoms with Crippen LogP contribution in [0, 0.1) is 0 Å². The summed E-state index contributed by atoms with van der Waals surface area (Å²) in [5.41, 5.74) is 5.17. The van der Waals surface area contributed by atoms with Crippen molar-refractivity contribution in [2.45, 2.75) is 18.9 Å². The predicted molar refractivity (Wildman–Crippen MR) is 57.5 cm³/mol. The van der Waals surface area contributed by atoms with Crippen molar-refractivity contribution in [3.8, 4) is 0 Å². The van der Waals surface area contributed by atoms with Crippen molar-refractivity contribution < 1.29 is 13.2 Å². The Morgan fingerprint density at radius 1 is 1.50 bits per heavy atom. The molecular weight excluding hydrogens is 224 g/mol. The Hall–Kier alpha value is -0.240. The maximum absolute atomic E-state index is 11.4. The molecule has 0 aliphatic carbocycles. The van der Waals surface area contributed by atoms with E-state index in [1.54, 1.807) is 0 Å². The first-order valence-electron chi connectivity index (χ1n) is 4.36. The van der Waals surface area contributed by atoms with E-state index in [1.165, 1.54) is 0 Å². The first-order valence-corrected chi connectivity index (χ1v) is 6.42. The smallest absolute Gasteiger partial charge is 0.218 e. The lowest BCUT2D eigenvalue weighted by atomic mass is 10.1. The van der Waals surface area contributed by atoms with Gasteiger partial charge in [0.05, 0.1) is 4.99 Å². The molecule has 0 radical (unpaired) electrons. The molecule has 14 heavy (non-hydrogen) atoms. The molecule has 0 aromatic carbocycles. The summed E-state index contributed by atoms with van der Waals surface area (Å²) < 4.78 is 30.4. The quantitative estimate of drug-likeness (QED) is 0.637. The molecule has 1 saturated heterocycles. The Labute approximate surface area is 89.0 Å². The van der Waals surface area contributed by atoms with Crippen LogP contribution in [0.25, 0.3) is 0 Å². The molecule has 7 heteroatoms. The first kappa shape index (κ1) is 11.8. The van der Waals surface area contributed by atoms with Crippen LogP contribution in [0.1, 0.15) is 12.8 Å². The number of sulfonamides is 1. The van der Waals surface area contributed by atoms with E-state index in [0.717, 1.165) is 0 Å². The van der Waals surface area contributed by atoms with Crippen molar-refractivity contribution in [1.82, 2.24) is 4.72 Å². The van der Waals surface area contributed by atoms with Gasteiger partial charge in [0.15, 0.2) is 0 Å². The van der Waals surface area contributed by atoms with Gasteiger partial charge in [-0.2, -0.15) is 0 Å². The Bertz CT molecular complexity index is 296. The third kappa shape index (κ3) is 4.32. The summed E-state index contributed by atoms with van der Waals surface area (Å²) in [4.78, 5) is -0.00967. The topological polar surface area (TPSA) is 81.4 Å². The average Bonchev–Trinajstić information content (AvgIpc) is 2.02. The second-order valence-electron chi connectivity index (χ2n) is 3.23. The maximum Gasteiger partial charge on any atom is 0.218 e. The fourth-order valence-electron chi connectivity index (χ4n) is 1.30. The Balaban J connectivity index is 2.45. The highest BCUT2D eigenvalue weighted by Crippen LogP contribution is 2.07. The number of nitrogens with one attached hydrogen (secondary N) is 1. The van der Waals surface area contributed by atoms with Crippen molar-refractivity contribution in [3.05, 3.63) is 0 Å². The average molecular weight is 238 g/mol. The predicted octanol–water partition coefficient (Wildman–Crippen LogP) is -0.629. The van der Waals surface area contributed by atoms with Crippen molar-refractivity contribution in [2.75, 3.05) is 19.0 Å². The molecule has 0 aromatic heterocycles. The molecule has 1 heterocycles. The van der Waals surface area contributed by atoms with E-state index in [-0.39, 0.29) is 16.8 Å². The lowest BCUT2D eigenvalue weighted by Gasteiger charge is -2.22. The second-order valence-corrected chi connectivity index (χ2v) is 5.51. The van der Waals surface area contributed by atoms with Crippen molar-refractivity contribution in [3.63, 3.8) is 0 Å². The summed E-state index contributed by atoms with van der Waals surface area (Å²) in [6, 6.07) is -0.0388. The molecule has 1 aliphatic heterocycles. The van der Waals surface area contributed by atoms with Gasteiger partial charge >= 0.3 is 0 Å². The van der Waals surface area contributed by atoms with Crippen LogP contribution in [0.4, 0.5) is 0 Å². The first-order chi connectivity index (χ1) is 6.49. The van der Waals surface area contributed by atoms with Gasteiger partial charge in [-0.05, 0) is 12.8 Å². The molecule has 82 valence electrons. The van der Waals surface area contributed by atoms with Crippen LogP contribution in [0.15, 0.2) is 0 Å².